The van der Waals surface area contributed by atoms with E-state index in [4.69, 9.17) is 9.47 Å². The molecule has 0 aliphatic rings. The molecule has 0 fully saturated rings. The Morgan fingerprint density at radius 2 is 1.07 bits per heavy atom. The van der Waals surface area contributed by atoms with E-state index >= 15 is 0 Å². The Kier molecular flexibility index (Phi) is 33.2. The first-order valence-electron chi connectivity index (χ1n) is 17.0. The third kappa shape index (κ3) is 32.3. The topological polar surface area (TPSA) is 55.8 Å². The molecule has 0 rings (SSSR count). The van der Waals surface area contributed by atoms with E-state index in [1.54, 1.807) is 0 Å². The van der Waals surface area contributed by atoms with Crippen molar-refractivity contribution in [1.29, 1.82) is 0 Å². The average Bonchev–Trinajstić information content (AvgIpc) is 3.00. The summed E-state index contributed by atoms with van der Waals surface area (Å²) in [4.78, 5) is 12.1. The fourth-order valence-corrected chi connectivity index (χ4v) is 4.21. The zero-order valence-corrected chi connectivity index (χ0v) is 27.2. The maximum Gasteiger partial charge on any atom is 0.306 e. The van der Waals surface area contributed by atoms with Gasteiger partial charge >= 0.3 is 5.97 Å². The van der Waals surface area contributed by atoms with Crippen LogP contribution in [0.15, 0.2) is 72.9 Å². The molecular formula is C38H64O4. The van der Waals surface area contributed by atoms with Crippen molar-refractivity contribution in [3.05, 3.63) is 72.9 Å². The highest BCUT2D eigenvalue weighted by Crippen LogP contribution is 2.09. The molecule has 1 atom stereocenters. The first kappa shape index (κ1) is 39.8. The fraction of sp³-hybridized carbons (Fsp3) is 0.658. The van der Waals surface area contributed by atoms with Crippen molar-refractivity contribution >= 4 is 5.97 Å². The first-order chi connectivity index (χ1) is 20.7. The molecule has 4 heteroatoms. The number of hydrogen-bond acceptors (Lipinski definition) is 4. The number of aliphatic hydroxyl groups excluding tert-OH is 1. The van der Waals surface area contributed by atoms with Crippen molar-refractivity contribution in [2.45, 2.75) is 142 Å². The summed E-state index contributed by atoms with van der Waals surface area (Å²) in [6.45, 7) is 5.10. The Balaban J connectivity index is 3.59. The molecule has 240 valence electrons. The van der Waals surface area contributed by atoms with Crippen molar-refractivity contribution < 1.29 is 19.4 Å². The Labute approximate surface area is 259 Å². The van der Waals surface area contributed by atoms with Gasteiger partial charge in [-0.25, -0.2) is 0 Å². The standard InChI is InChI=1S/C38H64O4/c1-3-5-7-9-11-13-15-17-19-21-23-25-27-29-31-33-38(40)42-37(35-39)36-41-34-32-30-28-26-24-22-20-18-16-14-12-10-8-6-4-2/h5,7,10-13,16-19,23,25,37,39H,3-4,6,8-9,14-15,20-22,24,26-36H2,1-2H3/b7-5-,12-10-,13-11-,18-16-,19-17-,25-23-. The first-order valence-corrected chi connectivity index (χ1v) is 17.0. The number of aliphatic hydroxyl groups is 1. The van der Waals surface area contributed by atoms with Gasteiger partial charge in [0.25, 0.3) is 0 Å². The van der Waals surface area contributed by atoms with Crippen LogP contribution >= 0.6 is 0 Å². The summed E-state index contributed by atoms with van der Waals surface area (Å²) in [5, 5.41) is 9.53. The molecule has 0 saturated carbocycles. The van der Waals surface area contributed by atoms with E-state index in [0.29, 0.717) is 13.0 Å². The molecule has 0 radical (unpaired) electrons. The minimum atomic E-state index is -0.563. The summed E-state index contributed by atoms with van der Waals surface area (Å²) in [6, 6.07) is 0. The van der Waals surface area contributed by atoms with Crippen LogP contribution in [0, 0.1) is 0 Å². The van der Waals surface area contributed by atoms with Gasteiger partial charge in [-0.1, -0.05) is 125 Å². The molecule has 0 aromatic carbocycles. The SMILES string of the molecule is CC/C=C\C/C=C\C/C=C\C/C=C\CCCCC(=O)OC(CO)COCCCCCCCC/C=C\C/C=C\CCCC. The highest BCUT2D eigenvalue weighted by atomic mass is 16.6. The third-order valence-corrected chi connectivity index (χ3v) is 6.77. The van der Waals surface area contributed by atoms with E-state index < -0.39 is 6.10 Å². The smallest absolute Gasteiger partial charge is 0.306 e. The molecule has 0 aliphatic heterocycles. The summed E-state index contributed by atoms with van der Waals surface area (Å²) in [6.07, 6.45) is 46.5. The monoisotopic (exact) mass is 584 g/mol. The third-order valence-electron chi connectivity index (χ3n) is 6.77. The lowest BCUT2D eigenvalue weighted by atomic mass is 10.1. The number of hydrogen-bond donors (Lipinski definition) is 1. The molecule has 0 aliphatic carbocycles. The van der Waals surface area contributed by atoms with Gasteiger partial charge in [-0.05, 0) is 77.0 Å². The van der Waals surface area contributed by atoms with Gasteiger partial charge in [0, 0.05) is 13.0 Å². The average molecular weight is 585 g/mol. The molecule has 0 saturated heterocycles. The zero-order chi connectivity index (χ0) is 30.6. The van der Waals surface area contributed by atoms with Crippen molar-refractivity contribution in [3.63, 3.8) is 0 Å². The largest absolute Gasteiger partial charge is 0.457 e. The number of esters is 1. The number of carbonyl (C=O) groups is 1. The molecule has 1 N–H and O–H groups in total. The van der Waals surface area contributed by atoms with Crippen LogP contribution < -0.4 is 0 Å². The lowest BCUT2D eigenvalue weighted by Crippen LogP contribution is -2.27. The molecule has 42 heavy (non-hydrogen) atoms. The van der Waals surface area contributed by atoms with Crippen LogP contribution in [0.4, 0.5) is 0 Å². The summed E-state index contributed by atoms with van der Waals surface area (Å²) in [7, 11) is 0. The molecular weight excluding hydrogens is 520 g/mol. The summed E-state index contributed by atoms with van der Waals surface area (Å²) >= 11 is 0. The minimum Gasteiger partial charge on any atom is -0.457 e. The number of rotatable bonds is 30. The number of ether oxygens (including phenoxy) is 2. The van der Waals surface area contributed by atoms with Gasteiger partial charge in [-0.15, -0.1) is 0 Å². The Morgan fingerprint density at radius 1 is 0.595 bits per heavy atom. The molecule has 0 aromatic rings. The normalized spacial score (nSPS) is 13.3. The van der Waals surface area contributed by atoms with Crippen LogP contribution in [0.25, 0.3) is 0 Å². The van der Waals surface area contributed by atoms with Crippen LogP contribution in [0.2, 0.25) is 0 Å². The van der Waals surface area contributed by atoms with Gasteiger partial charge in [0.05, 0.1) is 13.2 Å². The van der Waals surface area contributed by atoms with Crippen LogP contribution in [-0.2, 0) is 14.3 Å². The van der Waals surface area contributed by atoms with E-state index in [-0.39, 0.29) is 19.2 Å². The summed E-state index contributed by atoms with van der Waals surface area (Å²) < 4.78 is 11.0. The zero-order valence-electron chi connectivity index (χ0n) is 27.2. The van der Waals surface area contributed by atoms with Crippen LogP contribution in [0.1, 0.15) is 136 Å². The van der Waals surface area contributed by atoms with Crippen molar-refractivity contribution in [2.75, 3.05) is 19.8 Å². The molecule has 0 spiro atoms. The number of allylic oxidation sites excluding steroid dienone is 12. The molecule has 0 bridgehead atoms. The second-order valence-electron chi connectivity index (χ2n) is 10.8. The van der Waals surface area contributed by atoms with E-state index in [1.165, 1.54) is 51.4 Å². The van der Waals surface area contributed by atoms with E-state index in [2.05, 4.69) is 86.8 Å². The number of carbonyl (C=O) groups excluding carboxylic acids is 1. The Hall–Kier alpha value is -2.17. The fourth-order valence-electron chi connectivity index (χ4n) is 4.21. The maximum absolute atomic E-state index is 12.1. The second-order valence-corrected chi connectivity index (χ2v) is 10.8. The van der Waals surface area contributed by atoms with E-state index in [9.17, 15) is 9.90 Å². The molecule has 0 aromatic heterocycles. The quantitative estimate of drug-likeness (QED) is 0.0518. The number of unbranched alkanes of at least 4 members (excludes halogenated alkanes) is 10. The van der Waals surface area contributed by atoms with Gasteiger partial charge in [0.15, 0.2) is 0 Å². The van der Waals surface area contributed by atoms with Crippen LogP contribution in [0.3, 0.4) is 0 Å². The second kappa shape index (κ2) is 35.0. The molecule has 1 unspecified atom stereocenters. The summed E-state index contributed by atoms with van der Waals surface area (Å²) in [5.74, 6) is -0.249. The predicted molar refractivity (Wildman–Crippen MR) is 182 cm³/mol. The highest BCUT2D eigenvalue weighted by Gasteiger charge is 2.13. The molecule has 4 nitrogen and oxygen atoms in total. The van der Waals surface area contributed by atoms with Gasteiger partial charge < -0.3 is 14.6 Å². The van der Waals surface area contributed by atoms with E-state index in [1.807, 2.05) is 0 Å². The summed E-state index contributed by atoms with van der Waals surface area (Å²) in [5.41, 5.74) is 0. The van der Waals surface area contributed by atoms with Crippen molar-refractivity contribution in [3.8, 4) is 0 Å². The Morgan fingerprint density at radius 3 is 1.62 bits per heavy atom. The van der Waals surface area contributed by atoms with Gasteiger partial charge in [0.2, 0.25) is 0 Å². The van der Waals surface area contributed by atoms with Crippen molar-refractivity contribution in [1.82, 2.24) is 0 Å². The van der Waals surface area contributed by atoms with Crippen molar-refractivity contribution in [2.24, 2.45) is 0 Å². The maximum atomic E-state index is 12.1. The lowest BCUT2D eigenvalue weighted by Gasteiger charge is -2.15. The van der Waals surface area contributed by atoms with Gasteiger partial charge in [-0.3, -0.25) is 4.79 Å². The molecule has 0 amide bonds. The predicted octanol–water partition coefficient (Wildman–Crippen LogP) is 10.7. The Bertz CT molecular complexity index is 744. The van der Waals surface area contributed by atoms with Gasteiger partial charge in [0.1, 0.15) is 6.10 Å². The lowest BCUT2D eigenvalue weighted by molar-refractivity contribution is -0.154. The molecule has 0 heterocycles. The van der Waals surface area contributed by atoms with E-state index in [0.717, 1.165) is 64.2 Å². The minimum absolute atomic E-state index is 0.197. The highest BCUT2D eigenvalue weighted by molar-refractivity contribution is 5.69. The van der Waals surface area contributed by atoms with Crippen LogP contribution in [0.5, 0.6) is 0 Å². The van der Waals surface area contributed by atoms with Gasteiger partial charge in [-0.2, -0.15) is 0 Å². The van der Waals surface area contributed by atoms with Crippen LogP contribution in [-0.4, -0.2) is 37.0 Å².